The second-order valence-corrected chi connectivity index (χ2v) is 10.3. The van der Waals surface area contributed by atoms with Crippen LogP contribution in [0.3, 0.4) is 0 Å². The number of rotatable bonds is 14. The third-order valence-electron chi connectivity index (χ3n) is 5.45. The third kappa shape index (κ3) is 11.4. The van der Waals surface area contributed by atoms with Gasteiger partial charge in [-0.2, -0.15) is 12.6 Å². The van der Waals surface area contributed by atoms with Gasteiger partial charge >= 0.3 is 6.09 Å². The van der Waals surface area contributed by atoms with Crippen LogP contribution in [0.1, 0.15) is 90.3 Å². The van der Waals surface area contributed by atoms with Crippen molar-refractivity contribution in [3.63, 3.8) is 0 Å². The molecule has 1 aromatic carbocycles. The van der Waals surface area contributed by atoms with Gasteiger partial charge in [0.1, 0.15) is 17.7 Å². The lowest BCUT2D eigenvalue weighted by Gasteiger charge is -2.34. The summed E-state index contributed by atoms with van der Waals surface area (Å²) < 4.78 is 5.35. The predicted octanol–water partition coefficient (Wildman–Crippen LogP) is 5.18. The second-order valence-electron chi connectivity index (χ2n) is 9.93. The Hall–Kier alpha value is -2.22. The highest BCUT2D eigenvalue weighted by Gasteiger charge is 2.35. The first kappa shape index (κ1) is 30.8. The van der Waals surface area contributed by atoms with Crippen molar-refractivity contribution in [1.82, 2.24) is 15.5 Å². The summed E-state index contributed by atoms with van der Waals surface area (Å²) in [6, 6.07) is 5.95. The molecule has 0 aliphatic carbocycles. The highest BCUT2D eigenvalue weighted by molar-refractivity contribution is 7.80. The van der Waals surface area contributed by atoms with Crippen LogP contribution < -0.4 is 10.6 Å². The van der Waals surface area contributed by atoms with E-state index in [0.717, 1.165) is 49.7 Å². The molecule has 0 fully saturated rings. The molecule has 0 aliphatic rings. The average Bonchev–Trinajstić information content (AvgIpc) is 2.78. The minimum absolute atomic E-state index is 0.0848. The fraction of sp³-hybridized carbons (Fsp3) is 0.667. The number of hydrogen-bond acceptors (Lipinski definition) is 5. The second kappa shape index (κ2) is 15.7. The lowest BCUT2D eigenvalue weighted by molar-refractivity contribution is -0.142. The molecule has 0 saturated heterocycles. The van der Waals surface area contributed by atoms with Crippen molar-refractivity contribution in [2.45, 2.75) is 97.8 Å². The number of thiol groups is 1. The molecule has 0 aliphatic heterocycles. The third-order valence-corrected chi connectivity index (χ3v) is 5.82. The Morgan fingerprint density at radius 2 is 1.74 bits per heavy atom. The minimum atomic E-state index is -0.921. The maximum atomic E-state index is 13.8. The maximum absolute atomic E-state index is 13.8. The van der Waals surface area contributed by atoms with Gasteiger partial charge in [0.15, 0.2) is 0 Å². The van der Waals surface area contributed by atoms with Crippen molar-refractivity contribution in [1.29, 1.82) is 0 Å². The highest BCUT2D eigenvalue weighted by Crippen LogP contribution is 2.25. The lowest BCUT2D eigenvalue weighted by atomic mass is 10.00. The van der Waals surface area contributed by atoms with Gasteiger partial charge in [-0.05, 0) is 46.1 Å². The van der Waals surface area contributed by atoms with Crippen molar-refractivity contribution in [2.75, 3.05) is 18.8 Å². The molecule has 0 aromatic heterocycles. The molecule has 0 heterocycles. The molecule has 198 valence electrons. The molecule has 2 atom stereocenters. The first-order valence-corrected chi connectivity index (χ1v) is 13.4. The molecule has 7 nitrogen and oxygen atoms in total. The van der Waals surface area contributed by atoms with Crippen LogP contribution >= 0.6 is 12.6 Å². The van der Waals surface area contributed by atoms with E-state index in [0.29, 0.717) is 13.1 Å². The monoisotopic (exact) mass is 507 g/mol. The molecule has 0 saturated carbocycles. The first-order valence-electron chi connectivity index (χ1n) is 12.8. The van der Waals surface area contributed by atoms with Gasteiger partial charge in [-0.25, -0.2) is 4.79 Å². The van der Waals surface area contributed by atoms with Gasteiger partial charge in [0.05, 0.1) is 0 Å². The van der Waals surface area contributed by atoms with E-state index >= 15 is 0 Å². The molecule has 0 radical (unpaired) electrons. The lowest BCUT2D eigenvalue weighted by Crippen LogP contribution is -2.54. The minimum Gasteiger partial charge on any atom is -0.444 e. The van der Waals surface area contributed by atoms with Crippen LogP contribution in [0, 0.1) is 6.92 Å². The molecule has 0 spiro atoms. The summed E-state index contributed by atoms with van der Waals surface area (Å²) in [5.41, 5.74) is 1.06. The molecule has 8 heteroatoms. The van der Waals surface area contributed by atoms with Gasteiger partial charge in [-0.15, -0.1) is 0 Å². The zero-order chi connectivity index (χ0) is 26.4. The van der Waals surface area contributed by atoms with Crippen molar-refractivity contribution in [3.8, 4) is 0 Å². The summed E-state index contributed by atoms with van der Waals surface area (Å²) in [5.74, 6) is -0.482. The number of unbranched alkanes of at least 4 members (excludes halogenated alkanes) is 4. The van der Waals surface area contributed by atoms with Gasteiger partial charge in [-0.3, -0.25) is 9.59 Å². The Bertz CT molecular complexity index is 810. The Kier molecular flexibility index (Phi) is 13.8. The summed E-state index contributed by atoms with van der Waals surface area (Å²) in [6.07, 6.45) is 4.94. The van der Waals surface area contributed by atoms with E-state index < -0.39 is 23.8 Å². The van der Waals surface area contributed by atoms with E-state index in [1.54, 1.807) is 25.7 Å². The van der Waals surface area contributed by atoms with E-state index in [-0.39, 0.29) is 17.6 Å². The normalized spacial score (nSPS) is 13.0. The summed E-state index contributed by atoms with van der Waals surface area (Å²) in [7, 11) is 0. The van der Waals surface area contributed by atoms with Crippen LogP contribution in [0.15, 0.2) is 24.3 Å². The Morgan fingerprint density at radius 1 is 1.06 bits per heavy atom. The zero-order valence-electron chi connectivity index (χ0n) is 22.4. The van der Waals surface area contributed by atoms with Crippen molar-refractivity contribution in [3.05, 3.63) is 35.4 Å². The quantitative estimate of drug-likeness (QED) is 0.239. The Balaban J connectivity index is 3.32. The fourth-order valence-corrected chi connectivity index (χ4v) is 3.96. The number of ether oxygens (including phenoxy) is 1. The maximum Gasteiger partial charge on any atom is 0.408 e. The van der Waals surface area contributed by atoms with Crippen LogP contribution in [0.5, 0.6) is 0 Å². The molecule has 2 N–H and O–H groups in total. The van der Waals surface area contributed by atoms with Crippen LogP contribution in [0.25, 0.3) is 0 Å². The van der Waals surface area contributed by atoms with Gasteiger partial charge in [0.25, 0.3) is 0 Å². The number of hydrogen-bond donors (Lipinski definition) is 3. The van der Waals surface area contributed by atoms with Gasteiger partial charge < -0.3 is 20.3 Å². The van der Waals surface area contributed by atoms with Crippen LogP contribution in [0.2, 0.25) is 0 Å². The standard InChI is InChI=1S/C27H45N3O4S/c1-7-9-11-12-17-30(25(32)22(19-35)29-26(33)34-27(4,5)6)23(24(31)28-16-10-8-2)21-15-13-14-20(3)18-21/h13-15,18,22-23,35H,7-12,16-17,19H2,1-6H3,(H,28,31)(H,29,33). The van der Waals surface area contributed by atoms with Crippen LogP contribution in [-0.4, -0.2) is 53.3 Å². The molecular formula is C27H45N3O4S. The average molecular weight is 508 g/mol. The molecule has 2 unspecified atom stereocenters. The molecule has 35 heavy (non-hydrogen) atoms. The Morgan fingerprint density at radius 3 is 2.31 bits per heavy atom. The van der Waals surface area contributed by atoms with Crippen LogP contribution in [-0.2, 0) is 14.3 Å². The number of carbonyl (C=O) groups excluding carboxylic acids is 3. The Labute approximate surface area is 217 Å². The topological polar surface area (TPSA) is 87.7 Å². The van der Waals surface area contributed by atoms with Crippen molar-refractivity contribution >= 4 is 30.5 Å². The fourth-order valence-electron chi connectivity index (χ4n) is 3.71. The van der Waals surface area contributed by atoms with Gasteiger partial charge in [-0.1, -0.05) is 69.4 Å². The summed E-state index contributed by atoms with van der Waals surface area (Å²) >= 11 is 4.33. The number of nitrogens with zero attached hydrogens (tertiary/aromatic N) is 1. The number of benzene rings is 1. The highest BCUT2D eigenvalue weighted by atomic mass is 32.1. The summed E-state index contributed by atoms with van der Waals surface area (Å²) in [4.78, 5) is 41.3. The van der Waals surface area contributed by atoms with Gasteiger partial charge in [0, 0.05) is 18.8 Å². The number of carbonyl (C=O) groups is 3. The first-order chi connectivity index (χ1) is 16.5. The van der Waals surface area contributed by atoms with Crippen molar-refractivity contribution < 1.29 is 19.1 Å². The predicted molar refractivity (Wildman–Crippen MR) is 145 cm³/mol. The zero-order valence-corrected chi connectivity index (χ0v) is 23.2. The van der Waals surface area contributed by atoms with Crippen molar-refractivity contribution in [2.24, 2.45) is 0 Å². The summed E-state index contributed by atoms with van der Waals surface area (Å²) in [6.45, 7) is 12.4. The summed E-state index contributed by atoms with van der Waals surface area (Å²) in [5, 5.41) is 5.66. The van der Waals surface area contributed by atoms with E-state index in [1.165, 1.54) is 0 Å². The molecular weight excluding hydrogens is 462 g/mol. The number of amides is 3. The van der Waals surface area contributed by atoms with Crippen LogP contribution in [0.4, 0.5) is 4.79 Å². The molecule has 1 aromatic rings. The van der Waals surface area contributed by atoms with E-state index in [4.69, 9.17) is 4.74 Å². The van der Waals surface area contributed by atoms with E-state index in [1.807, 2.05) is 31.2 Å². The van der Waals surface area contributed by atoms with E-state index in [9.17, 15) is 14.4 Å². The number of alkyl carbamates (subject to hydrolysis) is 1. The molecule has 1 rings (SSSR count). The molecule has 0 bridgehead atoms. The van der Waals surface area contributed by atoms with Gasteiger partial charge in [0.2, 0.25) is 11.8 Å². The molecule has 3 amide bonds. The largest absolute Gasteiger partial charge is 0.444 e. The number of aryl methyl sites for hydroxylation is 1. The number of nitrogens with one attached hydrogen (secondary N) is 2. The van der Waals surface area contributed by atoms with E-state index in [2.05, 4.69) is 37.1 Å². The SMILES string of the molecule is CCCCCCN(C(=O)C(CS)NC(=O)OC(C)(C)C)C(C(=O)NCCCC)c1cccc(C)c1. The smallest absolute Gasteiger partial charge is 0.408 e.